The maximum atomic E-state index is 10.1. The van der Waals surface area contributed by atoms with Gasteiger partial charge in [0, 0.05) is 52.5 Å². The normalized spacial score (nSPS) is 18.6. The minimum absolute atomic E-state index is 0. The Balaban J connectivity index is 0.00000280. The largest absolute Gasteiger partial charge is 0.506 e. The minimum Gasteiger partial charge on any atom is -0.506 e. The van der Waals surface area contributed by atoms with E-state index in [1.807, 2.05) is 18.2 Å². The number of anilines is 1. The zero-order chi connectivity index (χ0) is 19.1. The number of nitrogens with one attached hydrogen (secondary N) is 1. The number of hydrogen-bond donors (Lipinski definition) is 2. The first-order valence-electron chi connectivity index (χ1n) is 10.3. The molecule has 1 aliphatic carbocycles. The molecule has 3 rings (SSSR count). The summed E-state index contributed by atoms with van der Waals surface area (Å²) in [5, 5.41) is 13.6. The smallest absolute Gasteiger partial charge is 0.194 e. The Morgan fingerprint density at radius 1 is 1.18 bits per heavy atom. The molecule has 0 radical (unpaired) electrons. The third-order valence-electron chi connectivity index (χ3n) is 5.64. The van der Waals surface area contributed by atoms with Gasteiger partial charge in [-0.1, -0.05) is 12.1 Å². The number of para-hydroxylation sites is 2. The number of guanidine groups is 1. The predicted molar refractivity (Wildman–Crippen MR) is 126 cm³/mol. The highest BCUT2D eigenvalue weighted by Crippen LogP contribution is 2.49. The van der Waals surface area contributed by atoms with Crippen molar-refractivity contribution in [2.75, 3.05) is 57.4 Å². The van der Waals surface area contributed by atoms with Crippen LogP contribution in [-0.2, 0) is 4.74 Å². The number of phenols is 1. The van der Waals surface area contributed by atoms with E-state index in [-0.39, 0.29) is 24.0 Å². The number of benzene rings is 1. The number of rotatable bonds is 8. The Morgan fingerprint density at radius 3 is 2.50 bits per heavy atom. The van der Waals surface area contributed by atoms with Crippen molar-refractivity contribution in [1.29, 1.82) is 0 Å². The molecule has 0 atom stereocenters. The molecule has 1 saturated heterocycles. The Labute approximate surface area is 186 Å². The van der Waals surface area contributed by atoms with Gasteiger partial charge in [0.1, 0.15) is 5.75 Å². The summed E-state index contributed by atoms with van der Waals surface area (Å²) in [6.07, 6.45) is 3.65. The molecule has 2 aliphatic rings. The molecular formula is C21H35IN4O2. The van der Waals surface area contributed by atoms with E-state index in [0.717, 1.165) is 70.6 Å². The number of ether oxygens (including phenoxy) is 1. The van der Waals surface area contributed by atoms with Crippen LogP contribution >= 0.6 is 24.0 Å². The summed E-state index contributed by atoms with van der Waals surface area (Å²) < 4.78 is 5.54. The number of hydrogen-bond acceptors (Lipinski definition) is 4. The lowest BCUT2D eigenvalue weighted by atomic mass is 10.0. The number of piperazine rings is 1. The molecule has 0 aromatic heterocycles. The van der Waals surface area contributed by atoms with Crippen LogP contribution in [0.15, 0.2) is 29.3 Å². The molecule has 0 unspecified atom stereocenters. The van der Waals surface area contributed by atoms with Gasteiger partial charge < -0.3 is 25.0 Å². The fraction of sp³-hybridized carbons (Fsp3) is 0.667. The van der Waals surface area contributed by atoms with E-state index < -0.39 is 0 Å². The molecule has 158 valence electrons. The topological polar surface area (TPSA) is 60.3 Å². The van der Waals surface area contributed by atoms with Crippen molar-refractivity contribution in [2.45, 2.75) is 33.1 Å². The van der Waals surface area contributed by atoms with E-state index in [1.165, 1.54) is 12.8 Å². The maximum Gasteiger partial charge on any atom is 0.194 e. The quantitative estimate of drug-likeness (QED) is 0.247. The number of nitrogens with zero attached hydrogens (tertiary/aromatic N) is 3. The molecule has 1 aromatic carbocycles. The highest BCUT2D eigenvalue weighted by Gasteiger charge is 2.42. The molecule has 1 heterocycles. The summed E-state index contributed by atoms with van der Waals surface area (Å²) in [6, 6.07) is 7.58. The van der Waals surface area contributed by atoms with E-state index in [4.69, 9.17) is 9.73 Å². The van der Waals surface area contributed by atoms with E-state index in [2.05, 4.69) is 29.0 Å². The standard InChI is InChI=1S/C21H34N4O2.HI/c1-3-22-20(23-17-21(9-10-21)11-16-27-4-2)25-14-12-24(13-15-25)18-7-5-6-8-19(18)26;/h5-8,26H,3-4,9-17H2,1-2H3,(H,22,23);1H. The van der Waals surface area contributed by atoms with Crippen LogP contribution in [0.2, 0.25) is 0 Å². The van der Waals surface area contributed by atoms with Crippen LogP contribution in [-0.4, -0.2) is 68.4 Å². The molecule has 2 N–H and O–H groups in total. The van der Waals surface area contributed by atoms with Crippen molar-refractivity contribution in [3.05, 3.63) is 24.3 Å². The van der Waals surface area contributed by atoms with Gasteiger partial charge in [-0.15, -0.1) is 24.0 Å². The van der Waals surface area contributed by atoms with Crippen molar-refractivity contribution in [1.82, 2.24) is 10.2 Å². The van der Waals surface area contributed by atoms with Gasteiger partial charge in [-0.05, 0) is 50.7 Å². The zero-order valence-electron chi connectivity index (χ0n) is 17.2. The van der Waals surface area contributed by atoms with Crippen molar-refractivity contribution >= 4 is 35.6 Å². The van der Waals surface area contributed by atoms with Crippen molar-refractivity contribution in [3.8, 4) is 5.75 Å². The third-order valence-corrected chi connectivity index (χ3v) is 5.64. The SMILES string of the molecule is CCNC(=NCC1(CCOCC)CC1)N1CCN(c2ccccc2O)CC1.I. The first-order chi connectivity index (χ1) is 13.2. The number of aliphatic imine (C=N–C) groups is 1. The average molecular weight is 502 g/mol. The van der Waals surface area contributed by atoms with Crippen molar-refractivity contribution in [2.24, 2.45) is 10.4 Å². The molecule has 0 amide bonds. The molecule has 0 spiro atoms. The minimum atomic E-state index is 0. The maximum absolute atomic E-state index is 10.1. The van der Waals surface area contributed by atoms with Crippen LogP contribution in [0.25, 0.3) is 0 Å². The summed E-state index contributed by atoms with van der Waals surface area (Å²) in [4.78, 5) is 9.57. The monoisotopic (exact) mass is 502 g/mol. The Bertz CT molecular complexity index is 629. The summed E-state index contributed by atoms with van der Waals surface area (Å²) in [6.45, 7) is 11.2. The first kappa shape index (κ1) is 23.1. The van der Waals surface area contributed by atoms with E-state index in [1.54, 1.807) is 6.07 Å². The van der Waals surface area contributed by atoms with E-state index >= 15 is 0 Å². The van der Waals surface area contributed by atoms with Crippen molar-refractivity contribution in [3.63, 3.8) is 0 Å². The molecule has 7 heteroatoms. The second-order valence-corrected chi connectivity index (χ2v) is 7.58. The van der Waals surface area contributed by atoms with E-state index in [9.17, 15) is 5.11 Å². The lowest BCUT2D eigenvalue weighted by molar-refractivity contribution is 0.129. The van der Waals surface area contributed by atoms with Gasteiger partial charge in [0.2, 0.25) is 0 Å². The van der Waals surface area contributed by atoms with E-state index in [0.29, 0.717) is 11.2 Å². The molecular weight excluding hydrogens is 467 g/mol. The summed E-state index contributed by atoms with van der Waals surface area (Å²) in [5.41, 5.74) is 1.29. The van der Waals surface area contributed by atoms with Gasteiger partial charge in [-0.2, -0.15) is 0 Å². The second-order valence-electron chi connectivity index (χ2n) is 7.58. The predicted octanol–water partition coefficient (Wildman–Crippen LogP) is 3.30. The van der Waals surface area contributed by atoms with Crippen LogP contribution in [0.3, 0.4) is 0 Å². The van der Waals surface area contributed by atoms with Crippen molar-refractivity contribution < 1.29 is 9.84 Å². The number of halogens is 1. The highest BCUT2D eigenvalue weighted by molar-refractivity contribution is 14.0. The van der Waals surface area contributed by atoms with Gasteiger partial charge in [-0.25, -0.2) is 0 Å². The molecule has 1 saturated carbocycles. The molecule has 0 bridgehead atoms. The summed E-state index contributed by atoms with van der Waals surface area (Å²) in [7, 11) is 0. The van der Waals surface area contributed by atoms with Gasteiger partial charge >= 0.3 is 0 Å². The highest BCUT2D eigenvalue weighted by atomic mass is 127. The Morgan fingerprint density at radius 2 is 1.89 bits per heavy atom. The Kier molecular flexibility index (Phi) is 9.14. The fourth-order valence-corrected chi connectivity index (χ4v) is 3.66. The molecule has 1 aromatic rings. The molecule has 1 aliphatic heterocycles. The lowest BCUT2D eigenvalue weighted by Crippen LogP contribution is -2.52. The van der Waals surface area contributed by atoms with Gasteiger partial charge in [0.15, 0.2) is 5.96 Å². The lowest BCUT2D eigenvalue weighted by Gasteiger charge is -2.38. The third kappa shape index (κ3) is 6.14. The van der Waals surface area contributed by atoms with Gasteiger partial charge in [-0.3, -0.25) is 4.99 Å². The van der Waals surface area contributed by atoms with Gasteiger partial charge in [0.05, 0.1) is 5.69 Å². The molecule has 6 nitrogen and oxygen atoms in total. The molecule has 28 heavy (non-hydrogen) atoms. The molecule has 2 fully saturated rings. The van der Waals surface area contributed by atoms with Crippen LogP contribution in [0.4, 0.5) is 5.69 Å². The summed E-state index contributed by atoms with van der Waals surface area (Å²) in [5.74, 6) is 1.38. The fourth-order valence-electron chi connectivity index (χ4n) is 3.66. The van der Waals surface area contributed by atoms with Crippen LogP contribution in [0.1, 0.15) is 33.1 Å². The number of phenolic OH excluding ortho intramolecular Hbond substituents is 1. The van der Waals surface area contributed by atoms with Crippen LogP contribution in [0.5, 0.6) is 5.75 Å². The zero-order valence-corrected chi connectivity index (χ0v) is 19.5. The Hall–Kier alpha value is -1.22. The second kappa shape index (κ2) is 11.1. The average Bonchev–Trinajstić information content (AvgIpc) is 3.46. The first-order valence-corrected chi connectivity index (χ1v) is 10.3. The van der Waals surface area contributed by atoms with Crippen LogP contribution < -0.4 is 10.2 Å². The van der Waals surface area contributed by atoms with Crippen LogP contribution in [0, 0.1) is 5.41 Å². The number of aromatic hydroxyl groups is 1. The van der Waals surface area contributed by atoms with Gasteiger partial charge in [0.25, 0.3) is 0 Å². The summed E-state index contributed by atoms with van der Waals surface area (Å²) >= 11 is 0.